The molecule has 2 N–H and O–H groups in total. The van der Waals surface area contributed by atoms with Crippen LogP contribution in [0.2, 0.25) is 0 Å². The van der Waals surface area contributed by atoms with Gasteiger partial charge in [-0.25, -0.2) is 14.8 Å². The fraction of sp³-hybridized carbons (Fsp3) is 0.154. The van der Waals surface area contributed by atoms with Crippen LogP contribution in [-0.2, 0) is 6.54 Å². The average molecular weight is 322 g/mol. The molecule has 0 bridgehead atoms. The third kappa shape index (κ3) is 3.29. The maximum absolute atomic E-state index is 11.0. The molecule has 0 amide bonds. The van der Waals surface area contributed by atoms with Crippen LogP contribution in [0, 0.1) is 6.92 Å². The monoisotopic (exact) mass is 321 g/mol. The summed E-state index contributed by atoms with van der Waals surface area (Å²) >= 11 is 3.40. The lowest BCUT2D eigenvalue weighted by Gasteiger charge is -2.10. The summed E-state index contributed by atoms with van der Waals surface area (Å²) in [6, 6.07) is 5.84. The molecule has 0 atom stereocenters. The molecule has 0 spiro atoms. The lowest BCUT2D eigenvalue weighted by molar-refractivity contribution is 0.0694. The first-order valence-corrected chi connectivity index (χ1v) is 6.39. The highest BCUT2D eigenvalue weighted by molar-refractivity contribution is 9.10. The van der Waals surface area contributed by atoms with Crippen molar-refractivity contribution in [3.8, 4) is 0 Å². The van der Waals surface area contributed by atoms with Gasteiger partial charge in [-0.05, 0) is 30.7 Å². The Bertz CT molecular complexity index is 617. The number of nitrogens with zero attached hydrogens (tertiary/aromatic N) is 2. The van der Waals surface area contributed by atoms with Crippen molar-refractivity contribution < 1.29 is 9.90 Å². The fourth-order valence-electron chi connectivity index (χ4n) is 1.68. The van der Waals surface area contributed by atoms with Crippen LogP contribution >= 0.6 is 15.9 Å². The van der Waals surface area contributed by atoms with Crippen molar-refractivity contribution in [1.29, 1.82) is 0 Å². The molecule has 0 saturated heterocycles. The zero-order chi connectivity index (χ0) is 13.8. The average Bonchev–Trinajstić information content (AvgIpc) is 2.38. The summed E-state index contributed by atoms with van der Waals surface area (Å²) in [7, 11) is 0. The van der Waals surface area contributed by atoms with E-state index in [2.05, 4.69) is 31.2 Å². The smallest absolute Gasteiger partial charge is 0.339 e. The van der Waals surface area contributed by atoms with Gasteiger partial charge in [0.05, 0.1) is 12.2 Å². The summed E-state index contributed by atoms with van der Waals surface area (Å²) < 4.78 is 1.00. The Hall–Kier alpha value is -1.95. The Morgan fingerprint density at radius 3 is 2.95 bits per heavy atom. The Balaban J connectivity index is 2.17. The van der Waals surface area contributed by atoms with Gasteiger partial charge in [0.15, 0.2) is 0 Å². The summed E-state index contributed by atoms with van der Waals surface area (Å²) in [4.78, 5) is 18.8. The maximum atomic E-state index is 11.0. The van der Waals surface area contributed by atoms with Gasteiger partial charge in [-0.1, -0.05) is 15.9 Å². The minimum Gasteiger partial charge on any atom is -0.478 e. The quantitative estimate of drug-likeness (QED) is 0.905. The molecular weight excluding hydrogens is 310 g/mol. The highest BCUT2D eigenvalue weighted by Crippen LogP contribution is 2.20. The van der Waals surface area contributed by atoms with Crippen molar-refractivity contribution >= 4 is 27.6 Å². The van der Waals surface area contributed by atoms with E-state index >= 15 is 0 Å². The van der Waals surface area contributed by atoms with Crippen LogP contribution in [0.15, 0.2) is 35.2 Å². The number of aromatic nitrogens is 2. The van der Waals surface area contributed by atoms with E-state index in [1.165, 1.54) is 12.5 Å². The molecule has 2 rings (SSSR count). The molecule has 1 aromatic carbocycles. The van der Waals surface area contributed by atoms with Gasteiger partial charge < -0.3 is 10.4 Å². The first kappa shape index (κ1) is 13.5. The third-order valence-corrected chi connectivity index (χ3v) is 3.15. The number of nitrogens with one attached hydrogen (secondary N) is 1. The van der Waals surface area contributed by atoms with E-state index in [4.69, 9.17) is 5.11 Å². The van der Waals surface area contributed by atoms with Gasteiger partial charge in [-0.15, -0.1) is 0 Å². The van der Waals surface area contributed by atoms with E-state index in [1.54, 1.807) is 0 Å². The minimum absolute atomic E-state index is 0.116. The number of carbonyl (C=O) groups is 1. The number of aryl methyl sites for hydroxylation is 1. The van der Waals surface area contributed by atoms with Gasteiger partial charge in [0.25, 0.3) is 0 Å². The van der Waals surface area contributed by atoms with Gasteiger partial charge >= 0.3 is 5.97 Å². The maximum Gasteiger partial charge on any atom is 0.339 e. The largest absolute Gasteiger partial charge is 0.478 e. The zero-order valence-corrected chi connectivity index (χ0v) is 11.8. The van der Waals surface area contributed by atoms with Crippen LogP contribution in [0.4, 0.5) is 5.69 Å². The van der Waals surface area contributed by atoms with E-state index < -0.39 is 5.97 Å². The molecule has 1 heterocycles. The van der Waals surface area contributed by atoms with Gasteiger partial charge in [-0.2, -0.15) is 0 Å². The molecular formula is C13H12BrN3O2. The van der Waals surface area contributed by atoms with Gasteiger partial charge in [0.1, 0.15) is 11.9 Å². The van der Waals surface area contributed by atoms with Crippen LogP contribution in [0.25, 0.3) is 0 Å². The second-order valence-electron chi connectivity index (χ2n) is 4.00. The zero-order valence-electron chi connectivity index (χ0n) is 10.2. The van der Waals surface area contributed by atoms with E-state index in [9.17, 15) is 4.79 Å². The molecule has 19 heavy (non-hydrogen) atoms. The number of halogens is 1. The second kappa shape index (κ2) is 5.79. The topological polar surface area (TPSA) is 75.1 Å². The Morgan fingerprint density at radius 2 is 2.26 bits per heavy atom. The predicted molar refractivity (Wildman–Crippen MR) is 75.2 cm³/mol. The summed E-state index contributed by atoms with van der Waals surface area (Å²) in [5.74, 6) is -1.02. The van der Waals surface area contributed by atoms with Crippen molar-refractivity contribution in [1.82, 2.24) is 9.97 Å². The number of hydrogen-bond acceptors (Lipinski definition) is 4. The van der Waals surface area contributed by atoms with Crippen LogP contribution in [0.5, 0.6) is 0 Å². The highest BCUT2D eigenvalue weighted by Gasteiger charge is 2.11. The van der Waals surface area contributed by atoms with Gasteiger partial charge in [0, 0.05) is 16.4 Å². The molecule has 0 aliphatic rings. The number of hydrogen-bond donors (Lipinski definition) is 2. The molecule has 0 unspecified atom stereocenters. The van der Waals surface area contributed by atoms with Gasteiger partial charge in [-0.3, -0.25) is 0 Å². The van der Waals surface area contributed by atoms with Crippen molar-refractivity contribution in [3.63, 3.8) is 0 Å². The molecule has 98 valence electrons. The van der Waals surface area contributed by atoms with E-state index in [1.807, 2.05) is 25.1 Å². The minimum atomic E-state index is -1.02. The van der Waals surface area contributed by atoms with Crippen LogP contribution in [0.1, 0.15) is 21.6 Å². The molecule has 2 aromatic rings. The summed E-state index contributed by atoms with van der Waals surface area (Å²) in [5.41, 5.74) is 2.59. The lowest BCUT2D eigenvalue weighted by Crippen LogP contribution is -2.10. The first-order chi connectivity index (χ1) is 9.08. The number of benzene rings is 1. The Kier molecular flexibility index (Phi) is 4.11. The lowest BCUT2D eigenvalue weighted by atomic mass is 10.2. The van der Waals surface area contributed by atoms with E-state index in [-0.39, 0.29) is 5.56 Å². The molecule has 0 saturated carbocycles. The van der Waals surface area contributed by atoms with Crippen LogP contribution < -0.4 is 5.32 Å². The number of aromatic carboxylic acids is 1. The normalized spacial score (nSPS) is 10.2. The van der Waals surface area contributed by atoms with E-state index in [0.717, 1.165) is 15.7 Å². The molecule has 1 aromatic heterocycles. The molecule has 0 aliphatic carbocycles. The standard InChI is InChI=1S/C13H12BrN3O2/c1-8-4-9(14)2-3-11(8)16-6-12-10(13(18)19)5-15-7-17-12/h2-5,7,16H,6H2,1H3,(H,18,19). The molecule has 0 fully saturated rings. The molecule has 5 nitrogen and oxygen atoms in total. The number of carboxylic acid groups (broad SMARTS) is 1. The molecule has 0 aliphatic heterocycles. The molecule has 6 heteroatoms. The highest BCUT2D eigenvalue weighted by atomic mass is 79.9. The summed E-state index contributed by atoms with van der Waals surface area (Å²) in [6.07, 6.45) is 2.65. The molecule has 0 radical (unpaired) electrons. The van der Waals surface area contributed by atoms with E-state index in [0.29, 0.717) is 12.2 Å². The van der Waals surface area contributed by atoms with Crippen LogP contribution in [-0.4, -0.2) is 21.0 Å². The third-order valence-electron chi connectivity index (χ3n) is 2.66. The van der Waals surface area contributed by atoms with Crippen molar-refractivity contribution in [2.75, 3.05) is 5.32 Å². The van der Waals surface area contributed by atoms with Crippen molar-refractivity contribution in [2.45, 2.75) is 13.5 Å². The van der Waals surface area contributed by atoms with Gasteiger partial charge in [0.2, 0.25) is 0 Å². The fourth-order valence-corrected chi connectivity index (χ4v) is 2.15. The summed E-state index contributed by atoms with van der Waals surface area (Å²) in [6.45, 7) is 2.32. The first-order valence-electron chi connectivity index (χ1n) is 5.60. The number of carboxylic acids is 1. The van der Waals surface area contributed by atoms with Crippen molar-refractivity contribution in [2.24, 2.45) is 0 Å². The Morgan fingerprint density at radius 1 is 1.47 bits per heavy atom. The second-order valence-corrected chi connectivity index (χ2v) is 4.92. The van der Waals surface area contributed by atoms with Crippen molar-refractivity contribution in [3.05, 3.63) is 52.0 Å². The van der Waals surface area contributed by atoms with Crippen LogP contribution in [0.3, 0.4) is 0 Å². The Labute approximate surface area is 118 Å². The number of rotatable bonds is 4. The SMILES string of the molecule is Cc1cc(Br)ccc1NCc1ncncc1C(=O)O. The number of anilines is 1. The summed E-state index contributed by atoms with van der Waals surface area (Å²) in [5, 5.41) is 12.2. The predicted octanol–water partition coefficient (Wildman–Crippen LogP) is 2.86.